The van der Waals surface area contributed by atoms with Crippen LogP contribution in [0.5, 0.6) is 0 Å². The fourth-order valence-electron chi connectivity index (χ4n) is 2.49. The van der Waals surface area contributed by atoms with E-state index in [1.54, 1.807) is 12.3 Å². The average Bonchev–Trinajstić information content (AvgIpc) is 2.62. The molecular formula is C20H28N4O. The molecule has 0 radical (unpaired) electrons. The molecule has 25 heavy (non-hydrogen) atoms. The molecule has 0 bridgehead atoms. The maximum atomic E-state index is 12.0. The van der Waals surface area contributed by atoms with Crippen molar-refractivity contribution in [2.75, 3.05) is 29.9 Å². The van der Waals surface area contributed by atoms with Crippen molar-refractivity contribution in [3.05, 3.63) is 48.2 Å². The molecule has 0 spiro atoms. The Balaban J connectivity index is 1.98. The van der Waals surface area contributed by atoms with E-state index in [-0.39, 0.29) is 5.91 Å². The van der Waals surface area contributed by atoms with Crippen molar-refractivity contribution in [1.82, 2.24) is 10.3 Å². The highest BCUT2D eigenvalue weighted by atomic mass is 16.1. The summed E-state index contributed by atoms with van der Waals surface area (Å²) in [4.78, 5) is 18.6. The first kappa shape index (κ1) is 18.8. The van der Waals surface area contributed by atoms with Gasteiger partial charge in [-0.15, -0.1) is 0 Å². The predicted molar refractivity (Wildman–Crippen MR) is 105 cm³/mol. The van der Waals surface area contributed by atoms with Crippen LogP contribution in [-0.4, -0.2) is 30.5 Å². The van der Waals surface area contributed by atoms with Crippen molar-refractivity contribution < 1.29 is 4.79 Å². The lowest BCUT2D eigenvalue weighted by Crippen LogP contribution is -2.27. The van der Waals surface area contributed by atoms with E-state index in [1.807, 2.05) is 18.2 Å². The van der Waals surface area contributed by atoms with Crippen molar-refractivity contribution in [2.24, 2.45) is 5.92 Å². The van der Waals surface area contributed by atoms with Gasteiger partial charge in [-0.3, -0.25) is 4.79 Å². The van der Waals surface area contributed by atoms with Crippen LogP contribution in [-0.2, 0) is 0 Å². The highest BCUT2D eigenvalue weighted by Gasteiger charge is 2.07. The van der Waals surface area contributed by atoms with Gasteiger partial charge in [0, 0.05) is 37.2 Å². The lowest BCUT2D eigenvalue weighted by molar-refractivity contribution is 0.0948. The number of aromatic nitrogens is 1. The van der Waals surface area contributed by atoms with E-state index in [9.17, 15) is 4.79 Å². The zero-order valence-corrected chi connectivity index (χ0v) is 15.5. The second-order valence-corrected chi connectivity index (χ2v) is 6.38. The first-order valence-corrected chi connectivity index (χ1v) is 8.89. The molecule has 134 valence electrons. The predicted octanol–water partition coefficient (Wildman–Crippen LogP) is 4.06. The average molecular weight is 340 g/mol. The van der Waals surface area contributed by atoms with Gasteiger partial charge in [-0.1, -0.05) is 13.8 Å². The summed E-state index contributed by atoms with van der Waals surface area (Å²) in [5, 5.41) is 6.15. The largest absolute Gasteiger partial charge is 0.372 e. The van der Waals surface area contributed by atoms with Crippen molar-refractivity contribution in [2.45, 2.75) is 27.7 Å². The maximum Gasteiger partial charge on any atom is 0.252 e. The molecule has 1 aromatic heterocycles. The zero-order chi connectivity index (χ0) is 18.2. The number of hydrogen-bond donors (Lipinski definition) is 2. The molecule has 0 saturated carbocycles. The topological polar surface area (TPSA) is 57.3 Å². The van der Waals surface area contributed by atoms with Crippen LogP contribution in [0, 0.1) is 5.92 Å². The third kappa shape index (κ3) is 5.48. The molecule has 0 aliphatic heterocycles. The number of benzene rings is 1. The van der Waals surface area contributed by atoms with Crippen molar-refractivity contribution in [3.63, 3.8) is 0 Å². The van der Waals surface area contributed by atoms with Crippen LogP contribution in [0.2, 0.25) is 0 Å². The molecule has 2 rings (SSSR count). The third-order valence-corrected chi connectivity index (χ3v) is 3.96. The highest BCUT2D eigenvalue weighted by molar-refractivity contribution is 5.94. The summed E-state index contributed by atoms with van der Waals surface area (Å²) in [6, 6.07) is 11.9. The highest BCUT2D eigenvalue weighted by Crippen LogP contribution is 2.20. The van der Waals surface area contributed by atoms with Crippen LogP contribution in [0.1, 0.15) is 38.1 Å². The summed E-state index contributed by atoms with van der Waals surface area (Å²) >= 11 is 0. The minimum absolute atomic E-state index is 0.0867. The number of hydrogen-bond acceptors (Lipinski definition) is 4. The lowest BCUT2D eigenvalue weighted by Gasteiger charge is -2.21. The summed E-state index contributed by atoms with van der Waals surface area (Å²) in [5.74, 6) is 1.06. The minimum atomic E-state index is -0.0867. The normalized spacial score (nSPS) is 10.6. The molecule has 0 atom stereocenters. The van der Waals surface area contributed by atoms with Crippen LogP contribution in [0.4, 0.5) is 17.2 Å². The summed E-state index contributed by atoms with van der Waals surface area (Å²) < 4.78 is 0. The van der Waals surface area contributed by atoms with Crippen LogP contribution >= 0.6 is 0 Å². The molecule has 2 N–H and O–H groups in total. The van der Waals surface area contributed by atoms with Gasteiger partial charge in [0.2, 0.25) is 0 Å². The number of pyridine rings is 1. The summed E-state index contributed by atoms with van der Waals surface area (Å²) in [6.45, 7) is 11.1. The number of nitrogens with one attached hydrogen (secondary N) is 2. The second kappa shape index (κ2) is 9.06. The Morgan fingerprint density at radius 3 is 2.28 bits per heavy atom. The Morgan fingerprint density at radius 1 is 1.08 bits per heavy atom. The van der Waals surface area contributed by atoms with Gasteiger partial charge in [0.15, 0.2) is 0 Å². The van der Waals surface area contributed by atoms with Gasteiger partial charge in [-0.25, -0.2) is 4.98 Å². The summed E-state index contributed by atoms with van der Waals surface area (Å²) in [7, 11) is 0. The molecule has 1 aromatic carbocycles. The van der Waals surface area contributed by atoms with E-state index in [0.717, 1.165) is 24.6 Å². The first-order valence-electron chi connectivity index (χ1n) is 8.89. The van der Waals surface area contributed by atoms with Gasteiger partial charge < -0.3 is 15.5 Å². The molecule has 5 heteroatoms. The molecule has 5 nitrogen and oxygen atoms in total. The molecule has 0 saturated heterocycles. The third-order valence-electron chi connectivity index (χ3n) is 3.96. The lowest BCUT2D eigenvalue weighted by atomic mass is 10.2. The van der Waals surface area contributed by atoms with Crippen LogP contribution < -0.4 is 15.5 Å². The molecule has 0 aliphatic rings. The molecule has 0 unspecified atom stereocenters. The Kier molecular flexibility index (Phi) is 6.81. The SMILES string of the molecule is CCN(CC)c1ccc(Nc2ccc(C(=O)NCC(C)C)cn2)cc1. The summed E-state index contributed by atoms with van der Waals surface area (Å²) in [6.07, 6.45) is 1.60. The molecule has 1 amide bonds. The number of carbonyl (C=O) groups is 1. The van der Waals surface area contributed by atoms with Gasteiger partial charge >= 0.3 is 0 Å². The Hall–Kier alpha value is -2.56. The van der Waals surface area contributed by atoms with Gasteiger partial charge in [-0.2, -0.15) is 0 Å². The molecule has 1 heterocycles. The molecule has 0 aliphatic carbocycles. The van der Waals surface area contributed by atoms with E-state index >= 15 is 0 Å². The van der Waals surface area contributed by atoms with Gasteiger partial charge in [0.1, 0.15) is 5.82 Å². The van der Waals surface area contributed by atoms with E-state index in [1.165, 1.54) is 5.69 Å². The van der Waals surface area contributed by atoms with E-state index < -0.39 is 0 Å². The van der Waals surface area contributed by atoms with Gasteiger partial charge in [0.05, 0.1) is 5.56 Å². The fourth-order valence-corrected chi connectivity index (χ4v) is 2.49. The van der Waals surface area contributed by atoms with E-state index in [2.05, 4.69) is 60.3 Å². The van der Waals surface area contributed by atoms with Gasteiger partial charge in [0.25, 0.3) is 5.91 Å². The quantitative estimate of drug-likeness (QED) is 0.761. The number of anilines is 3. The van der Waals surface area contributed by atoms with Crippen LogP contribution in [0.25, 0.3) is 0 Å². The van der Waals surface area contributed by atoms with Crippen molar-refractivity contribution >= 4 is 23.1 Å². The monoisotopic (exact) mass is 340 g/mol. The maximum absolute atomic E-state index is 12.0. The minimum Gasteiger partial charge on any atom is -0.372 e. The van der Waals surface area contributed by atoms with Crippen LogP contribution in [0.15, 0.2) is 42.6 Å². The number of amides is 1. The summed E-state index contributed by atoms with van der Waals surface area (Å²) in [5.41, 5.74) is 2.75. The van der Waals surface area contributed by atoms with Gasteiger partial charge in [-0.05, 0) is 56.2 Å². The number of rotatable bonds is 8. The first-order chi connectivity index (χ1) is 12.0. The number of carbonyl (C=O) groups excluding carboxylic acids is 1. The number of nitrogens with zero attached hydrogens (tertiary/aromatic N) is 2. The molecular weight excluding hydrogens is 312 g/mol. The van der Waals surface area contributed by atoms with E-state index in [4.69, 9.17) is 0 Å². The van der Waals surface area contributed by atoms with E-state index in [0.29, 0.717) is 18.0 Å². The zero-order valence-electron chi connectivity index (χ0n) is 15.5. The Bertz CT molecular complexity index is 661. The smallest absolute Gasteiger partial charge is 0.252 e. The fraction of sp³-hybridized carbons (Fsp3) is 0.400. The molecule has 0 fully saturated rings. The van der Waals surface area contributed by atoms with Crippen LogP contribution in [0.3, 0.4) is 0 Å². The second-order valence-electron chi connectivity index (χ2n) is 6.38. The van der Waals surface area contributed by atoms with Crippen molar-refractivity contribution in [1.29, 1.82) is 0 Å². The van der Waals surface area contributed by atoms with Crippen molar-refractivity contribution in [3.8, 4) is 0 Å². The molecule has 2 aromatic rings. The standard InChI is InChI=1S/C20H28N4O/c1-5-24(6-2)18-10-8-17(9-11-18)23-19-12-7-16(14-21-19)20(25)22-13-15(3)4/h7-12,14-15H,5-6,13H2,1-4H3,(H,21,23)(H,22,25). The Labute approximate surface area is 150 Å². The Morgan fingerprint density at radius 2 is 1.76 bits per heavy atom.